The van der Waals surface area contributed by atoms with E-state index in [9.17, 15) is 9.90 Å². The number of benzene rings is 2. The Hall–Kier alpha value is -2.00. The Labute approximate surface area is 128 Å². The van der Waals surface area contributed by atoms with Crippen LogP contribution in [0.3, 0.4) is 0 Å². The van der Waals surface area contributed by atoms with Gasteiger partial charge in [-0.05, 0) is 24.1 Å². The Bertz CT molecular complexity index is 657. The van der Waals surface area contributed by atoms with Crippen molar-refractivity contribution in [2.24, 2.45) is 0 Å². The lowest BCUT2D eigenvalue weighted by Gasteiger charge is -2.22. The van der Waals surface area contributed by atoms with Crippen molar-refractivity contribution in [2.45, 2.75) is 12.3 Å². The highest BCUT2D eigenvalue weighted by Gasteiger charge is 2.28. The molecule has 1 heterocycles. The molecule has 0 amide bonds. The fourth-order valence-electron chi connectivity index (χ4n) is 2.97. The molecular weight excluding hydrogens is 286 g/mol. The number of nitrogens with zero attached hydrogens (tertiary/aromatic N) is 1. The maximum absolute atomic E-state index is 11.4. The van der Waals surface area contributed by atoms with Crippen LogP contribution >= 0.6 is 11.6 Å². The van der Waals surface area contributed by atoms with Gasteiger partial charge in [0.15, 0.2) is 0 Å². The molecule has 2 aromatic rings. The zero-order valence-electron chi connectivity index (χ0n) is 11.5. The normalized spacial score (nSPS) is 18.0. The van der Waals surface area contributed by atoms with E-state index in [1.807, 2.05) is 18.2 Å². The summed E-state index contributed by atoms with van der Waals surface area (Å²) in [5, 5.41) is 9.85. The number of halogens is 1. The molecule has 21 heavy (non-hydrogen) atoms. The summed E-state index contributed by atoms with van der Waals surface area (Å²) in [7, 11) is 0. The van der Waals surface area contributed by atoms with E-state index in [2.05, 4.69) is 17.0 Å². The Morgan fingerprint density at radius 3 is 2.62 bits per heavy atom. The predicted octanol–water partition coefficient (Wildman–Crippen LogP) is 4.03. The predicted molar refractivity (Wildman–Crippen MR) is 84.4 cm³/mol. The minimum absolute atomic E-state index is 0.274. The van der Waals surface area contributed by atoms with Crippen molar-refractivity contribution in [2.75, 3.05) is 18.0 Å². The largest absolute Gasteiger partial charge is 0.478 e. The number of rotatable bonds is 3. The van der Waals surface area contributed by atoms with Crippen molar-refractivity contribution in [3.05, 3.63) is 64.7 Å². The van der Waals surface area contributed by atoms with Crippen molar-refractivity contribution < 1.29 is 9.90 Å². The van der Waals surface area contributed by atoms with Gasteiger partial charge in [-0.1, -0.05) is 48.0 Å². The van der Waals surface area contributed by atoms with Gasteiger partial charge in [-0.3, -0.25) is 0 Å². The van der Waals surface area contributed by atoms with Gasteiger partial charge in [0, 0.05) is 19.0 Å². The Morgan fingerprint density at radius 2 is 1.90 bits per heavy atom. The molecule has 3 rings (SSSR count). The molecule has 1 aliphatic rings. The van der Waals surface area contributed by atoms with Crippen LogP contribution in [0.25, 0.3) is 0 Å². The molecule has 1 aliphatic heterocycles. The lowest BCUT2D eigenvalue weighted by molar-refractivity contribution is 0.0697. The third kappa shape index (κ3) is 2.74. The first kappa shape index (κ1) is 14.0. The standard InChI is InChI=1S/C17H16ClNO2/c18-15-8-4-7-14(17(20)21)16(15)19-10-9-13(11-19)12-5-2-1-3-6-12/h1-8,13H,9-11H2,(H,20,21). The maximum Gasteiger partial charge on any atom is 0.337 e. The highest BCUT2D eigenvalue weighted by molar-refractivity contribution is 6.34. The average molecular weight is 302 g/mol. The van der Waals surface area contributed by atoms with Gasteiger partial charge in [0.2, 0.25) is 0 Å². The summed E-state index contributed by atoms with van der Waals surface area (Å²) in [6, 6.07) is 15.4. The molecule has 108 valence electrons. The van der Waals surface area contributed by atoms with Crippen molar-refractivity contribution in [1.82, 2.24) is 0 Å². The van der Waals surface area contributed by atoms with Gasteiger partial charge >= 0.3 is 5.97 Å². The summed E-state index contributed by atoms with van der Waals surface area (Å²) in [5.41, 5.74) is 2.21. The smallest absolute Gasteiger partial charge is 0.337 e. The van der Waals surface area contributed by atoms with Crippen LogP contribution < -0.4 is 4.90 Å². The van der Waals surface area contributed by atoms with Gasteiger partial charge < -0.3 is 10.0 Å². The topological polar surface area (TPSA) is 40.5 Å². The van der Waals surface area contributed by atoms with Crippen LogP contribution in [0, 0.1) is 0 Å². The molecule has 1 N–H and O–H groups in total. The zero-order valence-corrected chi connectivity index (χ0v) is 12.3. The van der Waals surface area contributed by atoms with Gasteiger partial charge in [-0.25, -0.2) is 4.79 Å². The molecule has 0 saturated carbocycles. The molecule has 0 spiro atoms. The Kier molecular flexibility index (Phi) is 3.84. The first-order chi connectivity index (χ1) is 10.2. The average Bonchev–Trinajstić information content (AvgIpc) is 2.97. The molecule has 0 aliphatic carbocycles. The van der Waals surface area contributed by atoms with Crippen LogP contribution in [-0.4, -0.2) is 24.2 Å². The number of aromatic carboxylic acids is 1. The van der Waals surface area contributed by atoms with Crippen LogP contribution in [0.4, 0.5) is 5.69 Å². The summed E-state index contributed by atoms with van der Waals surface area (Å²) in [5.74, 6) is -0.514. The molecule has 1 fully saturated rings. The number of carboxylic acids is 1. The van der Waals surface area contributed by atoms with E-state index in [1.165, 1.54) is 5.56 Å². The minimum Gasteiger partial charge on any atom is -0.478 e. The molecule has 3 nitrogen and oxygen atoms in total. The molecule has 0 bridgehead atoms. The third-order valence-electron chi connectivity index (χ3n) is 3.99. The van der Waals surface area contributed by atoms with E-state index in [-0.39, 0.29) is 5.56 Å². The van der Waals surface area contributed by atoms with Gasteiger partial charge in [0.1, 0.15) is 0 Å². The number of hydrogen-bond donors (Lipinski definition) is 1. The molecule has 1 saturated heterocycles. The van der Waals surface area contributed by atoms with E-state index in [0.29, 0.717) is 16.6 Å². The lowest BCUT2D eigenvalue weighted by Crippen LogP contribution is -2.22. The van der Waals surface area contributed by atoms with Crippen LogP contribution in [0.2, 0.25) is 5.02 Å². The quantitative estimate of drug-likeness (QED) is 0.930. The second-order valence-electron chi connectivity index (χ2n) is 5.28. The first-order valence-corrected chi connectivity index (χ1v) is 7.36. The summed E-state index contributed by atoms with van der Waals surface area (Å²) < 4.78 is 0. The van der Waals surface area contributed by atoms with Crippen LogP contribution in [0.15, 0.2) is 48.5 Å². The highest BCUT2D eigenvalue weighted by atomic mass is 35.5. The fraction of sp³-hybridized carbons (Fsp3) is 0.235. The number of para-hydroxylation sites is 1. The molecular formula is C17H16ClNO2. The van der Waals surface area contributed by atoms with E-state index in [1.54, 1.807) is 18.2 Å². The number of anilines is 1. The van der Waals surface area contributed by atoms with Crippen molar-refractivity contribution >= 4 is 23.3 Å². The molecule has 1 unspecified atom stereocenters. The molecule has 1 atom stereocenters. The number of hydrogen-bond acceptors (Lipinski definition) is 2. The highest BCUT2D eigenvalue weighted by Crippen LogP contribution is 2.36. The summed E-state index contributed by atoms with van der Waals surface area (Å²) in [6.07, 6.45) is 1.01. The molecule has 2 aromatic carbocycles. The van der Waals surface area contributed by atoms with Crippen molar-refractivity contribution in [3.63, 3.8) is 0 Å². The minimum atomic E-state index is -0.935. The van der Waals surface area contributed by atoms with Crippen molar-refractivity contribution in [1.29, 1.82) is 0 Å². The van der Waals surface area contributed by atoms with Gasteiger partial charge in [-0.2, -0.15) is 0 Å². The number of carbonyl (C=O) groups is 1. The summed E-state index contributed by atoms with van der Waals surface area (Å²) in [6.45, 7) is 1.62. The zero-order chi connectivity index (χ0) is 14.8. The van der Waals surface area contributed by atoms with Crippen LogP contribution in [-0.2, 0) is 0 Å². The molecule has 0 aromatic heterocycles. The van der Waals surface area contributed by atoms with E-state index in [4.69, 9.17) is 11.6 Å². The van der Waals surface area contributed by atoms with Gasteiger partial charge in [-0.15, -0.1) is 0 Å². The molecule has 0 radical (unpaired) electrons. The second-order valence-corrected chi connectivity index (χ2v) is 5.69. The third-order valence-corrected chi connectivity index (χ3v) is 4.30. The number of carboxylic acid groups (broad SMARTS) is 1. The SMILES string of the molecule is O=C(O)c1cccc(Cl)c1N1CCC(c2ccccc2)C1. The van der Waals surface area contributed by atoms with E-state index >= 15 is 0 Å². The first-order valence-electron chi connectivity index (χ1n) is 6.98. The van der Waals surface area contributed by atoms with E-state index in [0.717, 1.165) is 19.5 Å². The second kappa shape index (κ2) is 5.78. The van der Waals surface area contributed by atoms with Crippen LogP contribution in [0.5, 0.6) is 0 Å². The van der Waals surface area contributed by atoms with Crippen molar-refractivity contribution in [3.8, 4) is 0 Å². The summed E-state index contributed by atoms with van der Waals surface area (Å²) >= 11 is 6.24. The molecule has 4 heteroatoms. The van der Waals surface area contributed by atoms with Gasteiger partial charge in [0.05, 0.1) is 16.3 Å². The lowest BCUT2D eigenvalue weighted by atomic mass is 9.99. The Morgan fingerprint density at radius 1 is 1.14 bits per heavy atom. The van der Waals surface area contributed by atoms with E-state index < -0.39 is 5.97 Å². The monoisotopic (exact) mass is 301 g/mol. The Balaban J connectivity index is 1.89. The van der Waals surface area contributed by atoms with Crippen LogP contribution in [0.1, 0.15) is 28.3 Å². The maximum atomic E-state index is 11.4. The van der Waals surface area contributed by atoms with Gasteiger partial charge in [0.25, 0.3) is 0 Å². The fourth-order valence-corrected chi connectivity index (χ4v) is 3.26. The summed E-state index contributed by atoms with van der Waals surface area (Å²) in [4.78, 5) is 13.5.